The Balaban J connectivity index is 2.14. The van der Waals surface area contributed by atoms with Crippen molar-refractivity contribution in [1.29, 1.82) is 0 Å². The summed E-state index contributed by atoms with van der Waals surface area (Å²) in [6.45, 7) is 2.39. The van der Waals surface area contributed by atoms with Gasteiger partial charge in [-0.15, -0.1) is 0 Å². The molecule has 0 aromatic heterocycles. The van der Waals surface area contributed by atoms with Gasteiger partial charge in [-0.05, 0) is 38.2 Å². The Morgan fingerprint density at radius 3 is 2.67 bits per heavy atom. The maximum atomic E-state index is 12.9. The molecule has 0 amide bonds. The summed E-state index contributed by atoms with van der Waals surface area (Å²) in [5, 5.41) is 0. The Morgan fingerprint density at radius 2 is 2.00 bits per heavy atom. The van der Waals surface area contributed by atoms with Crippen LogP contribution in [-0.4, -0.2) is 12.8 Å². The molecule has 0 bridgehead atoms. The fourth-order valence-corrected chi connectivity index (χ4v) is 3.15. The van der Waals surface area contributed by atoms with Gasteiger partial charge in [-0.25, -0.2) is 0 Å². The van der Waals surface area contributed by atoms with Crippen LogP contribution in [-0.2, 0) is 0 Å². The first-order chi connectivity index (χ1) is 9.93. The van der Waals surface area contributed by atoms with Gasteiger partial charge in [-0.3, -0.25) is 0 Å². The second kappa shape index (κ2) is 6.69. The number of nitrogens with two attached hydrogens (primary N) is 1. The van der Waals surface area contributed by atoms with Crippen LogP contribution in [0.5, 0.6) is 5.75 Å². The van der Waals surface area contributed by atoms with Gasteiger partial charge in [-0.1, -0.05) is 24.6 Å². The highest BCUT2D eigenvalue weighted by molar-refractivity contribution is 5.36. The van der Waals surface area contributed by atoms with E-state index in [2.05, 4.69) is 0 Å². The second-order valence-electron chi connectivity index (χ2n) is 5.66. The number of benzene rings is 1. The molecule has 0 aliphatic heterocycles. The molecule has 1 fully saturated rings. The van der Waals surface area contributed by atoms with Crippen molar-refractivity contribution in [2.45, 2.75) is 44.8 Å². The van der Waals surface area contributed by atoms with Gasteiger partial charge in [0.1, 0.15) is 5.75 Å². The molecule has 1 saturated carbocycles. The SMILES string of the molecule is CCOc1ccccc1C(N)C1CCCC(C(F)(F)F)C1. The van der Waals surface area contributed by atoms with Gasteiger partial charge < -0.3 is 10.5 Å². The molecule has 5 heteroatoms. The summed E-state index contributed by atoms with van der Waals surface area (Å²) in [4.78, 5) is 0. The Morgan fingerprint density at radius 1 is 1.29 bits per heavy atom. The van der Waals surface area contributed by atoms with E-state index in [0.717, 1.165) is 12.0 Å². The summed E-state index contributed by atoms with van der Waals surface area (Å²) >= 11 is 0. The van der Waals surface area contributed by atoms with E-state index in [4.69, 9.17) is 10.5 Å². The van der Waals surface area contributed by atoms with Crippen LogP contribution in [0.15, 0.2) is 24.3 Å². The number of alkyl halides is 3. The van der Waals surface area contributed by atoms with Crippen molar-refractivity contribution in [2.75, 3.05) is 6.61 Å². The maximum Gasteiger partial charge on any atom is 0.391 e. The van der Waals surface area contributed by atoms with E-state index in [-0.39, 0.29) is 18.8 Å². The van der Waals surface area contributed by atoms with Crippen molar-refractivity contribution in [3.63, 3.8) is 0 Å². The van der Waals surface area contributed by atoms with Crippen LogP contribution in [0.1, 0.15) is 44.2 Å². The lowest BCUT2D eigenvalue weighted by Crippen LogP contribution is -2.33. The van der Waals surface area contributed by atoms with Crippen molar-refractivity contribution in [3.8, 4) is 5.75 Å². The van der Waals surface area contributed by atoms with Gasteiger partial charge in [0.05, 0.1) is 12.5 Å². The minimum Gasteiger partial charge on any atom is -0.494 e. The van der Waals surface area contributed by atoms with Gasteiger partial charge in [0.2, 0.25) is 0 Å². The minimum atomic E-state index is -4.11. The van der Waals surface area contributed by atoms with E-state index in [1.54, 1.807) is 0 Å². The predicted octanol–water partition coefficient (Wildman–Crippen LogP) is 4.45. The first-order valence-corrected chi connectivity index (χ1v) is 7.47. The van der Waals surface area contributed by atoms with Gasteiger partial charge in [0.25, 0.3) is 0 Å². The summed E-state index contributed by atoms with van der Waals surface area (Å²) in [6.07, 6.45) is -2.45. The molecule has 3 atom stereocenters. The lowest BCUT2D eigenvalue weighted by Gasteiger charge is -2.34. The lowest BCUT2D eigenvalue weighted by molar-refractivity contribution is -0.186. The zero-order valence-corrected chi connectivity index (χ0v) is 12.2. The molecular weight excluding hydrogens is 279 g/mol. The van der Waals surface area contributed by atoms with E-state index >= 15 is 0 Å². The van der Waals surface area contributed by atoms with Crippen molar-refractivity contribution in [1.82, 2.24) is 0 Å². The number of ether oxygens (including phenoxy) is 1. The zero-order chi connectivity index (χ0) is 15.5. The molecule has 2 rings (SSSR count). The fourth-order valence-electron chi connectivity index (χ4n) is 3.15. The third kappa shape index (κ3) is 3.90. The van der Waals surface area contributed by atoms with Crippen molar-refractivity contribution in [2.24, 2.45) is 17.6 Å². The molecule has 2 N–H and O–H groups in total. The van der Waals surface area contributed by atoms with Gasteiger partial charge in [0, 0.05) is 11.6 Å². The topological polar surface area (TPSA) is 35.2 Å². The molecule has 1 aromatic carbocycles. The Bertz CT molecular complexity index is 461. The van der Waals surface area contributed by atoms with Gasteiger partial charge in [-0.2, -0.15) is 13.2 Å². The molecule has 2 nitrogen and oxygen atoms in total. The number of para-hydroxylation sites is 1. The van der Waals surface area contributed by atoms with Crippen molar-refractivity contribution in [3.05, 3.63) is 29.8 Å². The summed E-state index contributed by atoms with van der Waals surface area (Å²) < 4.78 is 44.3. The third-order valence-electron chi connectivity index (χ3n) is 4.26. The monoisotopic (exact) mass is 301 g/mol. The number of halogens is 3. The molecule has 3 unspecified atom stereocenters. The maximum absolute atomic E-state index is 12.9. The normalized spacial score (nSPS) is 24.6. The van der Waals surface area contributed by atoms with E-state index in [9.17, 15) is 13.2 Å². The van der Waals surface area contributed by atoms with E-state index in [1.165, 1.54) is 0 Å². The standard InChI is InChI=1S/C16H22F3NO/c1-2-21-14-9-4-3-8-13(14)15(20)11-6-5-7-12(10-11)16(17,18)19/h3-4,8-9,11-12,15H,2,5-7,10,20H2,1H3. The first kappa shape index (κ1) is 16.1. The van der Waals surface area contributed by atoms with Crippen molar-refractivity contribution < 1.29 is 17.9 Å². The lowest BCUT2D eigenvalue weighted by atomic mass is 9.76. The molecule has 0 saturated heterocycles. The molecule has 0 radical (unpaired) electrons. The molecule has 118 valence electrons. The largest absolute Gasteiger partial charge is 0.494 e. The van der Waals surface area contributed by atoms with Crippen LogP contribution in [0.4, 0.5) is 13.2 Å². The second-order valence-corrected chi connectivity index (χ2v) is 5.66. The summed E-state index contributed by atoms with van der Waals surface area (Å²) in [7, 11) is 0. The third-order valence-corrected chi connectivity index (χ3v) is 4.26. The summed E-state index contributed by atoms with van der Waals surface area (Å²) in [6, 6.07) is 6.97. The number of hydrogen-bond acceptors (Lipinski definition) is 2. The number of hydrogen-bond donors (Lipinski definition) is 1. The highest BCUT2D eigenvalue weighted by Crippen LogP contribution is 2.44. The minimum absolute atomic E-state index is 0.116. The van der Waals surface area contributed by atoms with Gasteiger partial charge >= 0.3 is 6.18 Å². The average molecular weight is 301 g/mol. The van der Waals surface area contributed by atoms with Crippen LogP contribution in [0.2, 0.25) is 0 Å². The highest BCUT2D eigenvalue weighted by atomic mass is 19.4. The summed E-state index contributed by atoms with van der Waals surface area (Å²) in [5.41, 5.74) is 7.07. The molecular formula is C16H22F3NO. The highest BCUT2D eigenvalue weighted by Gasteiger charge is 2.43. The molecule has 0 heterocycles. The molecule has 1 aliphatic rings. The van der Waals surface area contributed by atoms with Crippen molar-refractivity contribution >= 4 is 0 Å². The van der Waals surface area contributed by atoms with Gasteiger partial charge in [0.15, 0.2) is 0 Å². The Kier molecular flexibility index (Phi) is 5.14. The van der Waals surface area contributed by atoms with Crippen LogP contribution in [0.25, 0.3) is 0 Å². The average Bonchev–Trinajstić information content (AvgIpc) is 2.47. The van der Waals surface area contributed by atoms with Crippen LogP contribution in [0.3, 0.4) is 0 Å². The molecule has 0 spiro atoms. The summed E-state index contributed by atoms with van der Waals surface area (Å²) in [5.74, 6) is -0.685. The van der Waals surface area contributed by atoms with E-state index < -0.39 is 18.1 Å². The fraction of sp³-hybridized carbons (Fsp3) is 0.625. The smallest absolute Gasteiger partial charge is 0.391 e. The van der Waals surface area contributed by atoms with E-state index in [1.807, 2.05) is 31.2 Å². The van der Waals surface area contributed by atoms with Crippen LogP contribution >= 0.6 is 0 Å². The van der Waals surface area contributed by atoms with Crippen LogP contribution < -0.4 is 10.5 Å². The van der Waals surface area contributed by atoms with Crippen LogP contribution in [0, 0.1) is 11.8 Å². The number of rotatable bonds is 4. The predicted molar refractivity (Wildman–Crippen MR) is 76.0 cm³/mol. The van der Waals surface area contributed by atoms with E-state index in [0.29, 0.717) is 18.8 Å². The first-order valence-electron chi connectivity index (χ1n) is 7.47. The Labute approximate surface area is 123 Å². The molecule has 1 aliphatic carbocycles. The Hall–Kier alpha value is -1.23. The quantitative estimate of drug-likeness (QED) is 0.891. The zero-order valence-electron chi connectivity index (χ0n) is 12.2. The molecule has 21 heavy (non-hydrogen) atoms. The molecule has 1 aromatic rings.